The van der Waals surface area contributed by atoms with Gasteiger partial charge < -0.3 is 14.4 Å². The van der Waals surface area contributed by atoms with Crippen LogP contribution in [0.5, 0.6) is 11.5 Å². The predicted octanol–water partition coefficient (Wildman–Crippen LogP) is 2.51. The normalized spacial score (nSPS) is 16.6. The number of amides is 1. The lowest BCUT2D eigenvalue weighted by Gasteiger charge is -2.13. The summed E-state index contributed by atoms with van der Waals surface area (Å²) in [5, 5.41) is 0.486. The molecule has 0 spiro atoms. The molecule has 1 aliphatic heterocycles. The Hall–Kier alpha value is -2.08. The molecule has 0 bridgehead atoms. The van der Waals surface area contributed by atoms with E-state index >= 15 is 0 Å². The van der Waals surface area contributed by atoms with E-state index in [1.54, 1.807) is 25.1 Å². The number of nitrogens with zero attached hydrogens (tertiary/aromatic N) is 2. The number of hydrogen-bond acceptors (Lipinski definition) is 4. The second-order valence-electron chi connectivity index (χ2n) is 4.80. The first-order chi connectivity index (χ1) is 10.5. The number of carbonyl (C=O) groups excluding carboxylic acids is 1. The van der Waals surface area contributed by atoms with Crippen LogP contribution in [0.1, 0.15) is 19.4 Å². The van der Waals surface area contributed by atoms with Crippen molar-refractivity contribution in [2.75, 3.05) is 27.3 Å². The second kappa shape index (κ2) is 6.79. The van der Waals surface area contributed by atoms with Crippen molar-refractivity contribution in [1.29, 1.82) is 0 Å². The molecule has 0 radical (unpaired) electrons. The zero-order valence-electron chi connectivity index (χ0n) is 13.3. The Kier molecular flexibility index (Phi) is 5.03. The lowest BCUT2D eigenvalue weighted by atomic mass is 10.1. The topological polar surface area (TPSA) is 42.0 Å². The highest BCUT2D eigenvalue weighted by Crippen LogP contribution is 2.29. The maximum Gasteiger partial charge on any atom is 0.276 e. The van der Waals surface area contributed by atoms with E-state index in [4.69, 9.17) is 21.7 Å². The third-order valence-electron chi connectivity index (χ3n) is 3.35. The maximum absolute atomic E-state index is 12.2. The minimum Gasteiger partial charge on any atom is -0.494 e. The first-order valence-corrected chi connectivity index (χ1v) is 7.57. The van der Waals surface area contributed by atoms with Gasteiger partial charge in [-0.3, -0.25) is 9.69 Å². The van der Waals surface area contributed by atoms with Gasteiger partial charge in [-0.1, -0.05) is 0 Å². The molecule has 5 nitrogen and oxygen atoms in total. The SMILES string of the molecule is CCOc1ccc(/C=C2/C(=O)N(C)C(=S)N2C)c(OCC)c1. The van der Waals surface area contributed by atoms with Crippen LogP contribution in [0.4, 0.5) is 0 Å². The van der Waals surface area contributed by atoms with E-state index < -0.39 is 0 Å². The highest BCUT2D eigenvalue weighted by atomic mass is 32.1. The van der Waals surface area contributed by atoms with Gasteiger partial charge in [-0.05, 0) is 44.3 Å². The number of rotatable bonds is 5. The molecule has 118 valence electrons. The Balaban J connectivity index is 2.41. The zero-order valence-corrected chi connectivity index (χ0v) is 14.1. The summed E-state index contributed by atoms with van der Waals surface area (Å²) >= 11 is 5.21. The molecule has 0 aliphatic carbocycles. The molecule has 2 rings (SSSR count). The Morgan fingerprint density at radius 2 is 1.82 bits per heavy atom. The fourth-order valence-corrected chi connectivity index (χ4v) is 2.39. The summed E-state index contributed by atoms with van der Waals surface area (Å²) in [7, 11) is 3.45. The summed E-state index contributed by atoms with van der Waals surface area (Å²) in [4.78, 5) is 15.4. The fourth-order valence-electron chi connectivity index (χ4n) is 2.21. The molecule has 1 aromatic carbocycles. The summed E-state index contributed by atoms with van der Waals surface area (Å²) in [6, 6.07) is 5.58. The fraction of sp³-hybridized carbons (Fsp3) is 0.375. The molecule has 1 aromatic rings. The predicted molar refractivity (Wildman–Crippen MR) is 89.9 cm³/mol. The number of carbonyl (C=O) groups is 1. The molecule has 0 saturated carbocycles. The highest BCUT2D eigenvalue weighted by molar-refractivity contribution is 7.80. The van der Waals surface area contributed by atoms with Crippen LogP contribution in [0, 0.1) is 0 Å². The molecule has 0 N–H and O–H groups in total. The van der Waals surface area contributed by atoms with E-state index in [9.17, 15) is 4.79 Å². The molecule has 0 atom stereocenters. The number of ether oxygens (including phenoxy) is 2. The van der Waals surface area contributed by atoms with Crippen LogP contribution in [-0.2, 0) is 4.79 Å². The quantitative estimate of drug-likeness (QED) is 0.616. The third kappa shape index (κ3) is 3.06. The molecule has 0 aromatic heterocycles. The summed E-state index contributed by atoms with van der Waals surface area (Å²) in [5.74, 6) is 1.30. The molecule has 1 saturated heterocycles. The Morgan fingerprint density at radius 3 is 2.36 bits per heavy atom. The second-order valence-corrected chi connectivity index (χ2v) is 5.17. The zero-order chi connectivity index (χ0) is 16.3. The molecule has 0 unspecified atom stereocenters. The lowest BCUT2D eigenvalue weighted by molar-refractivity contribution is -0.121. The van der Waals surface area contributed by atoms with E-state index in [0.29, 0.717) is 29.8 Å². The van der Waals surface area contributed by atoms with Crippen LogP contribution in [0.25, 0.3) is 6.08 Å². The van der Waals surface area contributed by atoms with Gasteiger partial charge in [-0.25, -0.2) is 0 Å². The number of benzene rings is 1. The molecular weight excluding hydrogens is 300 g/mol. The van der Waals surface area contributed by atoms with E-state index in [1.807, 2.05) is 32.0 Å². The average Bonchev–Trinajstić information content (AvgIpc) is 2.68. The van der Waals surface area contributed by atoms with E-state index in [2.05, 4.69) is 0 Å². The van der Waals surface area contributed by atoms with Crippen LogP contribution < -0.4 is 9.47 Å². The summed E-state index contributed by atoms with van der Waals surface area (Å²) in [6.45, 7) is 4.97. The van der Waals surface area contributed by atoms with Crippen molar-refractivity contribution in [2.45, 2.75) is 13.8 Å². The maximum atomic E-state index is 12.2. The van der Waals surface area contributed by atoms with E-state index in [0.717, 1.165) is 11.3 Å². The van der Waals surface area contributed by atoms with Gasteiger partial charge >= 0.3 is 0 Å². The van der Waals surface area contributed by atoms with Crippen LogP contribution in [-0.4, -0.2) is 48.1 Å². The van der Waals surface area contributed by atoms with E-state index in [-0.39, 0.29) is 5.91 Å². The van der Waals surface area contributed by atoms with Gasteiger partial charge in [-0.15, -0.1) is 0 Å². The number of thiocarbonyl (C=S) groups is 1. The molecule has 6 heteroatoms. The average molecular weight is 320 g/mol. The molecule has 1 aliphatic rings. The van der Waals surface area contributed by atoms with Crippen LogP contribution >= 0.6 is 12.2 Å². The Bertz CT molecular complexity index is 628. The third-order valence-corrected chi connectivity index (χ3v) is 3.89. The van der Waals surface area contributed by atoms with Crippen LogP contribution in [0.3, 0.4) is 0 Å². The van der Waals surface area contributed by atoms with Crippen LogP contribution in [0.15, 0.2) is 23.9 Å². The van der Waals surface area contributed by atoms with Gasteiger partial charge in [0.05, 0.1) is 13.2 Å². The molecule has 1 heterocycles. The Labute approximate surface area is 136 Å². The Morgan fingerprint density at radius 1 is 1.14 bits per heavy atom. The van der Waals surface area contributed by atoms with E-state index in [1.165, 1.54) is 4.90 Å². The van der Waals surface area contributed by atoms with Gasteiger partial charge in [0, 0.05) is 25.7 Å². The molecular formula is C16H20N2O3S. The van der Waals surface area contributed by atoms with Gasteiger partial charge in [-0.2, -0.15) is 0 Å². The van der Waals surface area contributed by atoms with Crippen molar-refractivity contribution in [3.63, 3.8) is 0 Å². The van der Waals surface area contributed by atoms with Gasteiger partial charge in [0.2, 0.25) is 0 Å². The van der Waals surface area contributed by atoms with Crippen molar-refractivity contribution in [2.24, 2.45) is 0 Å². The van der Waals surface area contributed by atoms with Crippen molar-refractivity contribution < 1.29 is 14.3 Å². The van der Waals surface area contributed by atoms with Gasteiger partial charge in [0.1, 0.15) is 17.2 Å². The molecule has 1 amide bonds. The summed E-state index contributed by atoms with van der Waals surface area (Å²) in [5.41, 5.74) is 1.34. The highest BCUT2D eigenvalue weighted by Gasteiger charge is 2.32. The monoisotopic (exact) mass is 320 g/mol. The van der Waals surface area contributed by atoms with Gasteiger partial charge in [0.25, 0.3) is 5.91 Å². The minimum atomic E-state index is -0.121. The molecule has 1 fully saturated rings. The summed E-state index contributed by atoms with van der Waals surface area (Å²) in [6.07, 6.45) is 1.79. The minimum absolute atomic E-state index is 0.121. The lowest BCUT2D eigenvalue weighted by Crippen LogP contribution is -2.26. The first-order valence-electron chi connectivity index (χ1n) is 7.16. The first kappa shape index (κ1) is 16.3. The standard InChI is InChI=1S/C16H20N2O3S/c1-5-20-12-8-7-11(14(10-12)21-6-2)9-13-15(19)18(4)16(22)17(13)3/h7-10H,5-6H2,1-4H3/b13-9-. The van der Waals surface area contributed by atoms with Crippen molar-refractivity contribution >= 4 is 29.3 Å². The smallest absolute Gasteiger partial charge is 0.276 e. The van der Waals surface area contributed by atoms with Crippen molar-refractivity contribution in [3.05, 3.63) is 29.5 Å². The van der Waals surface area contributed by atoms with Gasteiger partial charge in [0.15, 0.2) is 5.11 Å². The van der Waals surface area contributed by atoms with Crippen LogP contribution in [0.2, 0.25) is 0 Å². The number of hydrogen-bond donors (Lipinski definition) is 0. The number of likely N-dealkylation sites (N-methyl/N-ethyl adjacent to an activating group) is 2. The summed E-state index contributed by atoms with van der Waals surface area (Å²) < 4.78 is 11.1. The van der Waals surface area contributed by atoms with Crippen molar-refractivity contribution in [1.82, 2.24) is 9.80 Å². The van der Waals surface area contributed by atoms with Crippen molar-refractivity contribution in [3.8, 4) is 11.5 Å². The molecule has 22 heavy (non-hydrogen) atoms. The largest absolute Gasteiger partial charge is 0.494 e.